The van der Waals surface area contributed by atoms with E-state index in [1.54, 1.807) is 12.1 Å². The van der Waals surface area contributed by atoms with Crippen molar-refractivity contribution >= 4 is 23.4 Å². The number of benzene rings is 2. The molecule has 2 aromatic rings. The molecule has 5 nitrogen and oxygen atoms in total. The summed E-state index contributed by atoms with van der Waals surface area (Å²) in [5.74, 6) is 0.108. The van der Waals surface area contributed by atoms with Gasteiger partial charge < -0.3 is 9.80 Å². The first-order valence-corrected chi connectivity index (χ1v) is 11.0. The number of piperidine rings is 1. The Hall–Kier alpha value is -2.37. The van der Waals surface area contributed by atoms with Gasteiger partial charge >= 0.3 is 0 Å². The van der Waals surface area contributed by atoms with E-state index in [0.29, 0.717) is 42.9 Å². The van der Waals surface area contributed by atoms with Crippen molar-refractivity contribution in [1.29, 1.82) is 0 Å². The molecular formula is C24H28ClN3O2. The van der Waals surface area contributed by atoms with Crippen LogP contribution in [0, 0.1) is 0 Å². The molecule has 0 radical (unpaired) electrons. The number of carbonyl (C=O) groups is 2. The first-order chi connectivity index (χ1) is 14.4. The van der Waals surface area contributed by atoms with E-state index < -0.39 is 5.66 Å². The van der Waals surface area contributed by atoms with Crippen molar-refractivity contribution in [3.8, 4) is 0 Å². The van der Waals surface area contributed by atoms with E-state index in [0.717, 1.165) is 5.56 Å². The summed E-state index contributed by atoms with van der Waals surface area (Å²) in [6.07, 6.45) is 2.09. The van der Waals surface area contributed by atoms with E-state index in [1.165, 1.54) is 0 Å². The molecule has 158 valence electrons. The molecule has 2 aliphatic rings. The van der Waals surface area contributed by atoms with Gasteiger partial charge in [-0.3, -0.25) is 14.9 Å². The van der Waals surface area contributed by atoms with Crippen LogP contribution in [0.15, 0.2) is 54.6 Å². The number of nitrogens with one attached hydrogen (secondary N) is 1. The maximum absolute atomic E-state index is 13.3. The molecule has 2 fully saturated rings. The van der Waals surface area contributed by atoms with Crippen LogP contribution in [0.1, 0.15) is 42.6 Å². The lowest BCUT2D eigenvalue weighted by atomic mass is 9.94. The Morgan fingerprint density at radius 1 is 1.10 bits per heavy atom. The summed E-state index contributed by atoms with van der Waals surface area (Å²) in [6.45, 7) is 5.30. The van der Waals surface area contributed by atoms with Crippen LogP contribution < -0.4 is 5.32 Å². The van der Waals surface area contributed by atoms with E-state index in [4.69, 9.17) is 11.6 Å². The summed E-state index contributed by atoms with van der Waals surface area (Å²) < 4.78 is 0. The van der Waals surface area contributed by atoms with Gasteiger partial charge in [0.1, 0.15) is 0 Å². The van der Waals surface area contributed by atoms with Crippen LogP contribution in [0.5, 0.6) is 0 Å². The quantitative estimate of drug-likeness (QED) is 0.812. The minimum atomic E-state index is -0.401. The highest BCUT2D eigenvalue weighted by Crippen LogP contribution is 2.35. The van der Waals surface area contributed by atoms with Gasteiger partial charge in [0.05, 0.1) is 22.3 Å². The zero-order valence-corrected chi connectivity index (χ0v) is 18.2. The lowest BCUT2D eigenvalue weighted by Gasteiger charge is -2.46. The van der Waals surface area contributed by atoms with Gasteiger partial charge in [-0.25, -0.2) is 0 Å². The third-order valence-electron chi connectivity index (χ3n) is 6.22. The fourth-order valence-corrected chi connectivity index (χ4v) is 5.06. The largest absolute Gasteiger partial charge is 0.338 e. The average molecular weight is 426 g/mol. The molecule has 6 heteroatoms. The highest BCUT2D eigenvalue weighted by molar-refractivity contribution is 6.33. The Bertz CT molecular complexity index is 923. The molecule has 2 amide bonds. The predicted octanol–water partition coefficient (Wildman–Crippen LogP) is 3.72. The maximum Gasteiger partial charge on any atom is 0.255 e. The number of amides is 2. The summed E-state index contributed by atoms with van der Waals surface area (Å²) >= 11 is 6.23. The second kappa shape index (κ2) is 8.40. The van der Waals surface area contributed by atoms with E-state index in [-0.39, 0.29) is 23.9 Å². The van der Waals surface area contributed by atoms with Crippen LogP contribution in [0.25, 0.3) is 0 Å². The molecule has 2 aromatic carbocycles. The number of carbonyl (C=O) groups excluding carboxylic acids is 2. The molecule has 1 atom stereocenters. The molecule has 0 saturated carbocycles. The van der Waals surface area contributed by atoms with Crippen molar-refractivity contribution in [2.24, 2.45) is 0 Å². The summed E-state index contributed by atoms with van der Waals surface area (Å²) in [5, 5.41) is 4.13. The lowest BCUT2D eigenvalue weighted by molar-refractivity contribution is -0.135. The Kier molecular flexibility index (Phi) is 5.85. The first kappa shape index (κ1) is 20.9. The first-order valence-electron chi connectivity index (χ1n) is 10.6. The van der Waals surface area contributed by atoms with E-state index in [9.17, 15) is 9.59 Å². The number of likely N-dealkylation sites (tertiary alicyclic amines) is 1. The molecule has 1 N–H and O–H groups in total. The van der Waals surface area contributed by atoms with Crippen molar-refractivity contribution in [2.75, 3.05) is 13.1 Å². The molecule has 2 aliphatic heterocycles. The van der Waals surface area contributed by atoms with Crippen molar-refractivity contribution in [1.82, 2.24) is 15.1 Å². The van der Waals surface area contributed by atoms with Crippen LogP contribution in [-0.2, 0) is 11.2 Å². The smallest absolute Gasteiger partial charge is 0.255 e. The number of nitrogens with zero attached hydrogens (tertiary/aromatic N) is 2. The highest BCUT2D eigenvalue weighted by Gasteiger charge is 2.52. The molecule has 4 rings (SSSR count). The summed E-state index contributed by atoms with van der Waals surface area (Å²) in [6, 6.07) is 17.1. The van der Waals surface area contributed by atoms with Crippen molar-refractivity contribution in [3.63, 3.8) is 0 Å². The second-order valence-electron chi connectivity index (χ2n) is 8.49. The third-order valence-corrected chi connectivity index (χ3v) is 6.55. The Labute approximate surface area is 183 Å². The summed E-state index contributed by atoms with van der Waals surface area (Å²) in [7, 11) is 0. The molecule has 2 heterocycles. The Morgan fingerprint density at radius 3 is 2.37 bits per heavy atom. The predicted molar refractivity (Wildman–Crippen MR) is 118 cm³/mol. The molecule has 0 aliphatic carbocycles. The van der Waals surface area contributed by atoms with Crippen LogP contribution in [-0.4, -0.2) is 52.5 Å². The van der Waals surface area contributed by atoms with Gasteiger partial charge in [-0.1, -0.05) is 54.1 Å². The van der Waals surface area contributed by atoms with Crippen LogP contribution in [0.3, 0.4) is 0 Å². The van der Waals surface area contributed by atoms with E-state index in [1.807, 2.05) is 40.1 Å². The second-order valence-corrected chi connectivity index (χ2v) is 8.90. The molecule has 30 heavy (non-hydrogen) atoms. The zero-order chi connectivity index (χ0) is 21.3. The average Bonchev–Trinajstić information content (AvgIpc) is 3.00. The minimum Gasteiger partial charge on any atom is -0.338 e. The molecule has 2 saturated heterocycles. The molecular weight excluding hydrogens is 398 g/mol. The maximum atomic E-state index is 13.3. The van der Waals surface area contributed by atoms with Crippen molar-refractivity contribution in [2.45, 2.75) is 50.9 Å². The normalized spacial score (nSPS) is 20.9. The van der Waals surface area contributed by atoms with Crippen LogP contribution in [0.4, 0.5) is 0 Å². The van der Waals surface area contributed by atoms with Gasteiger partial charge in [-0.15, -0.1) is 0 Å². The van der Waals surface area contributed by atoms with E-state index in [2.05, 4.69) is 31.3 Å². The fourth-order valence-electron chi connectivity index (χ4n) is 4.84. The topological polar surface area (TPSA) is 52.7 Å². The summed E-state index contributed by atoms with van der Waals surface area (Å²) in [4.78, 5) is 30.1. The van der Waals surface area contributed by atoms with Crippen molar-refractivity contribution in [3.05, 3.63) is 70.7 Å². The monoisotopic (exact) mass is 425 g/mol. The highest BCUT2D eigenvalue weighted by atomic mass is 35.5. The fraction of sp³-hybridized carbons (Fsp3) is 0.417. The number of hydrogen-bond donors (Lipinski definition) is 1. The molecule has 0 aromatic heterocycles. The standard InChI is InChI=1S/C24H28ClN3O2/c1-17(2)28-23(30)21(16-18-8-4-3-5-9-18)26-24(28)12-14-27(15-13-24)22(29)19-10-6-7-11-20(19)25/h3-11,17,21,26H,12-16H2,1-2H3/t21-/m1/s1. The zero-order valence-electron chi connectivity index (χ0n) is 17.5. The molecule has 1 spiro atoms. The van der Waals surface area contributed by atoms with Gasteiger partial charge in [-0.2, -0.15) is 0 Å². The lowest BCUT2D eigenvalue weighted by Crippen LogP contribution is -2.61. The number of halogens is 1. The van der Waals surface area contributed by atoms with Gasteiger partial charge in [0.25, 0.3) is 5.91 Å². The number of hydrogen-bond acceptors (Lipinski definition) is 3. The van der Waals surface area contributed by atoms with Gasteiger partial charge in [0, 0.05) is 32.0 Å². The molecule has 0 bridgehead atoms. The van der Waals surface area contributed by atoms with Gasteiger partial charge in [0.15, 0.2) is 0 Å². The third kappa shape index (κ3) is 3.84. The Morgan fingerprint density at radius 2 is 1.73 bits per heavy atom. The van der Waals surface area contributed by atoms with Crippen LogP contribution >= 0.6 is 11.6 Å². The van der Waals surface area contributed by atoms with Gasteiger partial charge in [-0.05, 0) is 38.0 Å². The minimum absolute atomic E-state index is 0.0447. The summed E-state index contributed by atoms with van der Waals surface area (Å²) in [5.41, 5.74) is 1.28. The molecule has 0 unspecified atom stereocenters. The SMILES string of the molecule is CC(C)N1C(=O)[C@@H](Cc2ccccc2)NC12CCN(C(=O)c1ccccc1Cl)CC2. The Balaban J connectivity index is 1.50. The van der Waals surface area contributed by atoms with Gasteiger partial charge in [0.2, 0.25) is 5.91 Å². The van der Waals surface area contributed by atoms with Crippen molar-refractivity contribution < 1.29 is 9.59 Å². The van der Waals surface area contributed by atoms with Crippen LogP contribution in [0.2, 0.25) is 5.02 Å². The number of rotatable bonds is 4. The van der Waals surface area contributed by atoms with E-state index >= 15 is 0 Å².